The van der Waals surface area contributed by atoms with Crippen molar-refractivity contribution in [2.75, 3.05) is 32.8 Å². The number of carbonyl (C=O) groups excluding carboxylic acids is 1. The molecule has 0 atom stereocenters. The molecule has 0 spiro atoms. The van der Waals surface area contributed by atoms with Gasteiger partial charge in [0.25, 0.3) is 5.56 Å². The minimum absolute atomic E-state index is 0.0525. The van der Waals surface area contributed by atoms with Gasteiger partial charge in [-0.1, -0.05) is 6.07 Å². The van der Waals surface area contributed by atoms with Crippen LogP contribution in [0.1, 0.15) is 18.2 Å². The monoisotopic (exact) mass is 331 g/mol. The fourth-order valence-corrected chi connectivity index (χ4v) is 3.05. The normalized spacial score (nSPS) is 15.7. The smallest absolute Gasteiger partial charge is 0.410 e. The lowest BCUT2D eigenvalue weighted by Gasteiger charge is -2.31. The number of nitrogens with zero attached hydrogens (tertiary/aromatic N) is 3. The van der Waals surface area contributed by atoms with Gasteiger partial charge in [-0.15, -0.1) is 0 Å². The van der Waals surface area contributed by atoms with Crippen LogP contribution in [0.3, 0.4) is 0 Å². The maximum Gasteiger partial charge on any atom is 0.410 e. The third-order valence-corrected chi connectivity index (χ3v) is 4.37. The zero-order valence-electron chi connectivity index (χ0n) is 14.1. The molecule has 1 saturated heterocycles. The van der Waals surface area contributed by atoms with E-state index in [2.05, 4.69) is 4.98 Å². The average molecular weight is 331 g/mol. The molecule has 1 N–H and O–H groups in total. The topological polar surface area (TPSA) is 68.3 Å². The first-order chi connectivity index (χ1) is 11.6. The zero-order valence-corrected chi connectivity index (χ0v) is 14.1. The fourth-order valence-electron chi connectivity index (χ4n) is 3.05. The van der Waals surface area contributed by atoms with Crippen LogP contribution in [0.25, 0.3) is 5.65 Å². The summed E-state index contributed by atoms with van der Waals surface area (Å²) in [6, 6.07) is 5.42. The quantitative estimate of drug-likeness (QED) is 0.850. The van der Waals surface area contributed by atoms with Gasteiger partial charge in [-0.2, -0.15) is 0 Å². The van der Waals surface area contributed by atoms with E-state index in [-0.39, 0.29) is 11.7 Å². The molecule has 7 heteroatoms. The lowest BCUT2D eigenvalue weighted by Crippen LogP contribution is -3.13. The maximum atomic E-state index is 12.3. The Labute approximate surface area is 140 Å². The number of rotatable bonds is 3. The number of pyridine rings is 1. The summed E-state index contributed by atoms with van der Waals surface area (Å²) < 4.78 is 6.61. The summed E-state index contributed by atoms with van der Waals surface area (Å²) in [7, 11) is 0. The van der Waals surface area contributed by atoms with Crippen molar-refractivity contribution in [3.63, 3.8) is 0 Å². The van der Waals surface area contributed by atoms with Crippen LogP contribution in [0.15, 0.2) is 29.2 Å². The van der Waals surface area contributed by atoms with Crippen molar-refractivity contribution < 1.29 is 14.4 Å². The molecule has 1 aliphatic heterocycles. The predicted molar refractivity (Wildman–Crippen MR) is 89.2 cm³/mol. The number of amides is 1. The van der Waals surface area contributed by atoms with Crippen LogP contribution >= 0.6 is 0 Å². The van der Waals surface area contributed by atoms with E-state index in [1.54, 1.807) is 21.6 Å². The van der Waals surface area contributed by atoms with Gasteiger partial charge >= 0.3 is 6.09 Å². The van der Waals surface area contributed by atoms with E-state index in [4.69, 9.17) is 4.74 Å². The van der Waals surface area contributed by atoms with Crippen molar-refractivity contribution >= 4 is 11.7 Å². The first kappa shape index (κ1) is 16.4. The SMILES string of the molecule is CCOC(=O)N1CC[NH+](Cc2cc(=O)n3cccc(C)c3n2)CC1. The number of aryl methyl sites for hydroxylation is 1. The zero-order chi connectivity index (χ0) is 17.1. The fraction of sp³-hybridized carbons (Fsp3) is 0.471. The molecule has 0 saturated carbocycles. The lowest BCUT2D eigenvalue weighted by molar-refractivity contribution is -0.918. The molecule has 24 heavy (non-hydrogen) atoms. The number of fused-ring (bicyclic) bond motifs is 1. The average Bonchev–Trinajstić information content (AvgIpc) is 2.57. The van der Waals surface area contributed by atoms with Crippen LogP contribution in [0.4, 0.5) is 4.79 Å². The maximum absolute atomic E-state index is 12.3. The molecular weight excluding hydrogens is 308 g/mol. The van der Waals surface area contributed by atoms with E-state index in [0.717, 1.165) is 24.3 Å². The summed E-state index contributed by atoms with van der Waals surface area (Å²) in [6.07, 6.45) is 1.50. The Hall–Kier alpha value is -2.41. The molecule has 0 radical (unpaired) electrons. The largest absolute Gasteiger partial charge is 0.450 e. The molecule has 0 unspecified atom stereocenters. The third kappa shape index (κ3) is 3.41. The number of hydrogen-bond donors (Lipinski definition) is 1. The Morgan fingerprint density at radius 2 is 2.12 bits per heavy atom. The highest BCUT2D eigenvalue weighted by atomic mass is 16.6. The molecule has 2 aromatic rings. The second kappa shape index (κ2) is 7.00. The van der Waals surface area contributed by atoms with Crippen molar-refractivity contribution in [3.05, 3.63) is 46.0 Å². The van der Waals surface area contributed by atoms with E-state index < -0.39 is 0 Å². The molecule has 2 aromatic heterocycles. The molecule has 0 aromatic carbocycles. The molecule has 0 bridgehead atoms. The summed E-state index contributed by atoms with van der Waals surface area (Å²) in [4.78, 5) is 31.7. The summed E-state index contributed by atoms with van der Waals surface area (Å²) in [5.41, 5.74) is 2.44. The number of aromatic nitrogens is 2. The van der Waals surface area contributed by atoms with E-state index in [1.165, 1.54) is 4.90 Å². The van der Waals surface area contributed by atoms with Crippen LogP contribution in [0, 0.1) is 6.92 Å². The second-order valence-electron chi connectivity index (χ2n) is 6.08. The first-order valence-corrected chi connectivity index (χ1v) is 8.31. The number of ether oxygens (including phenoxy) is 1. The van der Waals surface area contributed by atoms with Crippen molar-refractivity contribution in [1.29, 1.82) is 0 Å². The highest BCUT2D eigenvalue weighted by Crippen LogP contribution is 2.05. The Morgan fingerprint density at radius 3 is 2.83 bits per heavy atom. The predicted octanol–water partition coefficient (Wildman–Crippen LogP) is -0.140. The van der Waals surface area contributed by atoms with Gasteiger partial charge < -0.3 is 9.64 Å². The summed E-state index contributed by atoms with van der Waals surface area (Å²) >= 11 is 0. The van der Waals surface area contributed by atoms with Gasteiger partial charge in [0.2, 0.25) is 0 Å². The first-order valence-electron chi connectivity index (χ1n) is 8.31. The van der Waals surface area contributed by atoms with Crippen LogP contribution in [-0.4, -0.2) is 53.2 Å². The molecule has 1 amide bonds. The van der Waals surface area contributed by atoms with Crippen molar-refractivity contribution in [2.45, 2.75) is 20.4 Å². The van der Waals surface area contributed by atoms with Crippen LogP contribution in [0.2, 0.25) is 0 Å². The van der Waals surface area contributed by atoms with Crippen LogP contribution in [0.5, 0.6) is 0 Å². The summed E-state index contributed by atoms with van der Waals surface area (Å²) in [6.45, 7) is 7.84. The van der Waals surface area contributed by atoms with E-state index >= 15 is 0 Å². The summed E-state index contributed by atoms with van der Waals surface area (Å²) in [5, 5.41) is 0. The van der Waals surface area contributed by atoms with E-state index in [1.807, 2.05) is 26.0 Å². The van der Waals surface area contributed by atoms with Gasteiger partial charge in [0.15, 0.2) is 0 Å². The lowest BCUT2D eigenvalue weighted by atomic mass is 10.2. The standard InChI is InChI=1S/C17H22N4O3/c1-3-24-17(23)20-9-7-19(8-10-20)12-14-11-15(22)21-6-4-5-13(2)16(21)18-14/h4-6,11H,3,7-10,12H2,1-2H3/p+1. The molecule has 3 rings (SSSR count). The van der Waals surface area contributed by atoms with E-state index in [0.29, 0.717) is 31.9 Å². The molecule has 1 aliphatic rings. The van der Waals surface area contributed by atoms with Crippen molar-refractivity contribution in [1.82, 2.24) is 14.3 Å². The molecule has 1 fully saturated rings. The minimum Gasteiger partial charge on any atom is -0.450 e. The number of quaternary nitrogens is 1. The molecular formula is C17H23N4O3+. The summed E-state index contributed by atoms with van der Waals surface area (Å²) in [5.74, 6) is 0. The Bertz CT molecular complexity index is 794. The number of hydrogen-bond acceptors (Lipinski definition) is 4. The van der Waals surface area contributed by atoms with Gasteiger partial charge in [-0.25, -0.2) is 9.78 Å². The van der Waals surface area contributed by atoms with Gasteiger partial charge in [-0.3, -0.25) is 14.1 Å². The highest BCUT2D eigenvalue weighted by molar-refractivity contribution is 5.67. The van der Waals surface area contributed by atoms with Gasteiger partial charge in [0.1, 0.15) is 17.9 Å². The highest BCUT2D eigenvalue weighted by Gasteiger charge is 2.25. The second-order valence-corrected chi connectivity index (χ2v) is 6.08. The van der Waals surface area contributed by atoms with Crippen LogP contribution in [-0.2, 0) is 11.3 Å². The number of carbonyl (C=O) groups is 1. The van der Waals surface area contributed by atoms with Gasteiger partial charge in [-0.05, 0) is 25.5 Å². The van der Waals surface area contributed by atoms with Gasteiger partial charge in [0.05, 0.1) is 32.8 Å². The molecule has 128 valence electrons. The Kier molecular flexibility index (Phi) is 4.80. The molecule has 7 nitrogen and oxygen atoms in total. The molecule has 0 aliphatic carbocycles. The third-order valence-electron chi connectivity index (χ3n) is 4.37. The van der Waals surface area contributed by atoms with Crippen LogP contribution < -0.4 is 10.5 Å². The van der Waals surface area contributed by atoms with Crippen molar-refractivity contribution in [2.24, 2.45) is 0 Å². The Morgan fingerprint density at radius 1 is 1.38 bits per heavy atom. The van der Waals surface area contributed by atoms with Gasteiger partial charge in [0, 0.05) is 12.3 Å². The minimum atomic E-state index is -0.241. The number of nitrogens with one attached hydrogen (secondary N) is 1. The van der Waals surface area contributed by atoms with E-state index in [9.17, 15) is 9.59 Å². The molecule has 3 heterocycles. The van der Waals surface area contributed by atoms with Crippen molar-refractivity contribution in [3.8, 4) is 0 Å². The Balaban J connectivity index is 1.69. The number of piperazine rings is 1.